The highest BCUT2D eigenvalue weighted by Crippen LogP contribution is 2.29. The number of benzene rings is 2. The quantitative estimate of drug-likeness (QED) is 0.671. The van der Waals surface area contributed by atoms with Crippen molar-refractivity contribution in [3.63, 3.8) is 0 Å². The Morgan fingerprint density at radius 3 is 2.46 bits per heavy atom. The number of aromatic nitrogens is 2. The first kappa shape index (κ1) is 19.2. The SMILES string of the molecule is COc1ccc(NC(=O)c2ccnc(Nc3ccc(C)cc3C)n2)c(OC)c1. The van der Waals surface area contributed by atoms with Gasteiger partial charge < -0.3 is 20.1 Å². The number of carbonyl (C=O) groups is 1. The maximum absolute atomic E-state index is 12.6. The van der Waals surface area contributed by atoms with Crippen LogP contribution < -0.4 is 20.1 Å². The maximum atomic E-state index is 12.6. The van der Waals surface area contributed by atoms with Crippen molar-refractivity contribution in [2.24, 2.45) is 0 Å². The Hall–Kier alpha value is -3.61. The Morgan fingerprint density at radius 1 is 0.964 bits per heavy atom. The van der Waals surface area contributed by atoms with Crippen LogP contribution in [0, 0.1) is 13.8 Å². The number of nitrogens with zero attached hydrogens (tertiary/aromatic N) is 2. The number of hydrogen-bond donors (Lipinski definition) is 2. The first-order valence-electron chi connectivity index (χ1n) is 8.71. The lowest BCUT2D eigenvalue weighted by Gasteiger charge is -2.12. The highest BCUT2D eigenvalue weighted by Gasteiger charge is 2.13. The molecule has 1 heterocycles. The van der Waals surface area contributed by atoms with E-state index in [1.54, 1.807) is 37.6 Å². The van der Waals surface area contributed by atoms with Crippen LogP contribution in [0.15, 0.2) is 48.7 Å². The molecule has 0 aliphatic heterocycles. The van der Waals surface area contributed by atoms with Crippen LogP contribution in [0.2, 0.25) is 0 Å². The molecule has 0 aliphatic rings. The highest BCUT2D eigenvalue weighted by molar-refractivity contribution is 6.03. The van der Waals surface area contributed by atoms with Crippen LogP contribution in [0.5, 0.6) is 11.5 Å². The van der Waals surface area contributed by atoms with Crippen molar-refractivity contribution in [2.75, 3.05) is 24.9 Å². The Morgan fingerprint density at radius 2 is 1.75 bits per heavy atom. The molecule has 7 heteroatoms. The van der Waals surface area contributed by atoms with Crippen LogP contribution in [0.1, 0.15) is 21.6 Å². The van der Waals surface area contributed by atoms with Gasteiger partial charge in [0.15, 0.2) is 0 Å². The van der Waals surface area contributed by atoms with Gasteiger partial charge in [0.2, 0.25) is 5.95 Å². The maximum Gasteiger partial charge on any atom is 0.274 e. The number of rotatable bonds is 6. The van der Waals surface area contributed by atoms with Crippen molar-refractivity contribution in [3.05, 3.63) is 65.5 Å². The number of methoxy groups -OCH3 is 2. The van der Waals surface area contributed by atoms with Gasteiger partial charge in [-0.05, 0) is 43.7 Å². The zero-order valence-corrected chi connectivity index (χ0v) is 16.2. The Labute approximate surface area is 163 Å². The number of carbonyl (C=O) groups excluding carboxylic acids is 1. The fourth-order valence-electron chi connectivity index (χ4n) is 2.71. The van der Waals surface area contributed by atoms with E-state index in [2.05, 4.69) is 26.7 Å². The molecule has 0 radical (unpaired) electrons. The lowest BCUT2D eigenvalue weighted by molar-refractivity contribution is 0.102. The molecule has 2 aromatic carbocycles. The molecular formula is C21H22N4O3. The van der Waals surface area contributed by atoms with E-state index in [-0.39, 0.29) is 11.6 Å². The number of amides is 1. The van der Waals surface area contributed by atoms with E-state index in [4.69, 9.17) is 9.47 Å². The molecule has 3 aromatic rings. The second-order valence-electron chi connectivity index (χ2n) is 6.23. The minimum Gasteiger partial charge on any atom is -0.497 e. The predicted octanol–water partition coefficient (Wildman–Crippen LogP) is 4.11. The molecule has 0 bridgehead atoms. The summed E-state index contributed by atoms with van der Waals surface area (Å²) < 4.78 is 10.5. The highest BCUT2D eigenvalue weighted by atomic mass is 16.5. The molecule has 0 aliphatic carbocycles. The van der Waals surface area contributed by atoms with Crippen LogP contribution >= 0.6 is 0 Å². The monoisotopic (exact) mass is 378 g/mol. The van der Waals surface area contributed by atoms with Crippen LogP contribution in [-0.4, -0.2) is 30.1 Å². The van der Waals surface area contributed by atoms with Crippen molar-refractivity contribution >= 4 is 23.2 Å². The van der Waals surface area contributed by atoms with E-state index in [1.165, 1.54) is 12.7 Å². The second kappa shape index (κ2) is 8.39. The molecule has 0 fully saturated rings. The molecular weight excluding hydrogens is 356 g/mol. The van der Waals surface area contributed by atoms with Gasteiger partial charge in [-0.2, -0.15) is 0 Å². The summed E-state index contributed by atoms with van der Waals surface area (Å²) in [4.78, 5) is 21.2. The van der Waals surface area contributed by atoms with Crippen LogP contribution in [0.3, 0.4) is 0 Å². The third-order valence-electron chi connectivity index (χ3n) is 4.17. The third kappa shape index (κ3) is 4.37. The number of anilines is 3. The molecule has 0 saturated carbocycles. The zero-order chi connectivity index (χ0) is 20.1. The van der Waals surface area contributed by atoms with Gasteiger partial charge in [0, 0.05) is 18.0 Å². The Kier molecular flexibility index (Phi) is 5.74. The first-order valence-corrected chi connectivity index (χ1v) is 8.71. The summed E-state index contributed by atoms with van der Waals surface area (Å²) in [6.45, 7) is 4.04. The molecule has 0 saturated heterocycles. The summed E-state index contributed by atoms with van der Waals surface area (Å²) in [6.07, 6.45) is 1.54. The molecule has 1 aromatic heterocycles. The topological polar surface area (TPSA) is 85.4 Å². The van der Waals surface area contributed by atoms with Crippen molar-refractivity contribution in [1.29, 1.82) is 0 Å². The summed E-state index contributed by atoms with van der Waals surface area (Å²) in [7, 11) is 3.10. The normalized spacial score (nSPS) is 10.3. The summed E-state index contributed by atoms with van der Waals surface area (Å²) in [5.74, 6) is 1.11. The lowest BCUT2D eigenvalue weighted by atomic mass is 10.1. The summed E-state index contributed by atoms with van der Waals surface area (Å²) in [5, 5.41) is 5.95. The van der Waals surface area contributed by atoms with E-state index >= 15 is 0 Å². The average molecular weight is 378 g/mol. The van der Waals surface area contributed by atoms with Gasteiger partial charge in [0.05, 0.1) is 19.9 Å². The molecule has 3 rings (SSSR count). The van der Waals surface area contributed by atoms with E-state index in [9.17, 15) is 4.79 Å². The standard InChI is InChI=1S/C21H22N4O3/c1-13-5-7-16(14(2)11-13)24-21-22-10-9-18(25-21)20(26)23-17-8-6-15(27-3)12-19(17)28-4/h5-12H,1-4H3,(H,23,26)(H,22,24,25). The summed E-state index contributed by atoms with van der Waals surface area (Å²) in [6, 6.07) is 12.7. The number of aryl methyl sites for hydroxylation is 2. The smallest absolute Gasteiger partial charge is 0.274 e. The second-order valence-corrected chi connectivity index (χ2v) is 6.23. The van der Waals surface area contributed by atoms with E-state index in [0.717, 1.165) is 11.3 Å². The number of nitrogens with one attached hydrogen (secondary N) is 2. The fraction of sp³-hybridized carbons (Fsp3) is 0.190. The average Bonchev–Trinajstić information content (AvgIpc) is 2.70. The molecule has 0 atom stereocenters. The summed E-state index contributed by atoms with van der Waals surface area (Å²) >= 11 is 0. The molecule has 144 valence electrons. The van der Waals surface area contributed by atoms with E-state index in [1.807, 2.05) is 26.0 Å². The first-order chi connectivity index (χ1) is 13.5. The largest absolute Gasteiger partial charge is 0.497 e. The van der Waals surface area contributed by atoms with Gasteiger partial charge in [-0.15, -0.1) is 0 Å². The van der Waals surface area contributed by atoms with Gasteiger partial charge in [-0.25, -0.2) is 9.97 Å². The molecule has 28 heavy (non-hydrogen) atoms. The van der Waals surface area contributed by atoms with Gasteiger partial charge in [-0.1, -0.05) is 17.7 Å². The fourth-order valence-corrected chi connectivity index (χ4v) is 2.71. The molecule has 0 spiro atoms. The molecule has 1 amide bonds. The van der Waals surface area contributed by atoms with Crippen LogP contribution in [0.4, 0.5) is 17.3 Å². The van der Waals surface area contributed by atoms with Crippen molar-refractivity contribution in [2.45, 2.75) is 13.8 Å². The number of ether oxygens (including phenoxy) is 2. The van der Waals surface area contributed by atoms with Gasteiger partial charge in [0.1, 0.15) is 17.2 Å². The van der Waals surface area contributed by atoms with Crippen molar-refractivity contribution < 1.29 is 14.3 Å². The summed E-state index contributed by atoms with van der Waals surface area (Å²) in [5.41, 5.74) is 3.89. The third-order valence-corrected chi connectivity index (χ3v) is 4.17. The minimum absolute atomic E-state index is 0.236. The molecule has 7 nitrogen and oxygen atoms in total. The van der Waals surface area contributed by atoms with Crippen LogP contribution in [-0.2, 0) is 0 Å². The predicted molar refractivity (Wildman–Crippen MR) is 109 cm³/mol. The minimum atomic E-state index is -0.366. The Bertz CT molecular complexity index is 1000. The number of hydrogen-bond acceptors (Lipinski definition) is 6. The zero-order valence-electron chi connectivity index (χ0n) is 16.2. The van der Waals surface area contributed by atoms with E-state index in [0.29, 0.717) is 23.1 Å². The van der Waals surface area contributed by atoms with Gasteiger partial charge >= 0.3 is 0 Å². The molecule has 0 unspecified atom stereocenters. The molecule has 2 N–H and O–H groups in total. The van der Waals surface area contributed by atoms with Crippen LogP contribution in [0.25, 0.3) is 0 Å². The van der Waals surface area contributed by atoms with Crippen molar-refractivity contribution in [1.82, 2.24) is 9.97 Å². The van der Waals surface area contributed by atoms with Crippen molar-refractivity contribution in [3.8, 4) is 11.5 Å². The van der Waals surface area contributed by atoms with Gasteiger partial charge in [0.25, 0.3) is 5.91 Å². The Balaban J connectivity index is 1.79. The van der Waals surface area contributed by atoms with Gasteiger partial charge in [-0.3, -0.25) is 4.79 Å². The lowest BCUT2D eigenvalue weighted by Crippen LogP contribution is -2.15. The van der Waals surface area contributed by atoms with E-state index < -0.39 is 0 Å².